The first-order valence-corrected chi connectivity index (χ1v) is 8.38. The van der Waals surface area contributed by atoms with Gasteiger partial charge >= 0.3 is 12.0 Å². The number of amides is 3. The van der Waals surface area contributed by atoms with Crippen LogP contribution in [0.25, 0.3) is 0 Å². The molecule has 6 nitrogen and oxygen atoms in total. The van der Waals surface area contributed by atoms with Crippen molar-refractivity contribution in [3.8, 4) is 0 Å². The number of urea groups is 1. The normalized spacial score (nSPS) is 11.3. The van der Waals surface area contributed by atoms with E-state index in [9.17, 15) is 14.4 Å². The highest BCUT2D eigenvalue weighted by molar-refractivity contribution is 6.36. The van der Waals surface area contributed by atoms with Gasteiger partial charge in [0.2, 0.25) is 6.10 Å². The fourth-order valence-electron chi connectivity index (χ4n) is 2.16. The molecule has 0 aliphatic rings. The Balaban J connectivity index is 2.19. The lowest BCUT2D eigenvalue weighted by molar-refractivity contribution is -0.155. The van der Waals surface area contributed by atoms with Crippen molar-refractivity contribution >= 4 is 41.1 Å². The predicted octanol–water partition coefficient (Wildman–Crippen LogP) is 3.28. The average molecular weight is 395 g/mol. The van der Waals surface area contributed by atoms with Gasteiger partial charge in [-0.25, -0.2) is 4.79 Å². The number of ether oxygens (including phenoxy) is 1. The van der Waals surface area contributed by atoms with E-state index in [-0.39, 0.29) is 6.42 Å². The third kappa shape index (κ3) is 5.21. The number of esters is 1. The summed E-state index contributed by atoms with van der Waals surface area (Å²) in [6.07, 6.45) is -1.50. The van der Waals surface area contributed by atoms with Gasteiger partial charge in [0.15, 0.2) is 0 Å². The number of imide groups is 1. The molecule has 0 aliphatic carbocycles. The SMILES string of the molecule is CNC(=O)NC(=O)[C@@H](OC(=O)Cc1c(Cl)cccc1Cl)c1ccccc1. The van der Waals surface area contributed by atoms with Crippen molar-refractivity contribution in [2.24, 2.45) is 0 Å². The number of halogens is 2. The van der Waals surface area contributed by atoms with Gasteiger partial charge in [0.1, 0.15) is 0 Å². The number of carbonyl (C=O) groups is 3. The first-order valence-electron chi connectivity index (χ1n) is 7.62. The summed E-state index contributed by atoms with van der Waals surface area (Å²) in [5, 5.41) is 5.01. The highest BCUT2D eigenvalue weighted by atomic mass is 35.5. The van der Waals surface area contributed by atoms with Crippen LogP contribution in [-0.4, -0.2) is 25.0 Å². The molecule has 0 heterocycles. The quantitative estimate of drug-likeness (QED) is 0.762. The Morgan fingerprint density at radius 1 is 1.00 bits per heavy atom. The van der Waals surface area contributed by atoms with Crippen LogP contribution in [0, 0.1) is 0 Å². The van der Waals surface area contributed by atoms with Crippen LogP contribution in [0.2, 0.25) is 10.0 Å². The van der Waals surface area contributed by atoms with Gasteiger partial charge in [0.05, 0.1) is 6.42 Å². The molecule has 2 rings (SSSR count). The third-order valence-electron chi connectivity index (χ3n) is 3.44. The Hall–Kier alpha value is -2.57. The van der Waals surface area contributed by atoms with Crippen molar-refractivity contribution in [1.82, 2.24) is 10.6 Å². The summed E-state index contributed by atoms with van der Waals surface area (Å²) in [4.78, 5) is 36.1. The van der Waals surface area contributed by atoms with E-state index in [0.717, 1.165) is 0 Å². The van der Waals surface area contributed by atoms with E-state index >= 15 is 0 Å². The summed E-state index contributed by atoms with van der Waals surface area (Å²) in [6.45, 7) is 0. The van der Waals surface area contributed by atoms with E-state index in [1.807, 2.05) is 0 Å². The van der Waals surface area contributed by atoms with Crippen LogP contribution in [0.15, 0.2) is 48.5 Å². The van der Waals surface area contributed by atoms with Gasteiger partial charge in [-0.1, -0.05) is 59.6 Å². The predicted molar refractivity (Wildman–Crippen MR) is 98.0 cm³/mol. The van der Waals surface area contributed by atoms with Crippen LogP contribution in [-0.2, 0) is 20.7 Å². The van der Waals surface area contributed by atoms with Crippen LogP contribution in [0.4, 0.5) is 4.79 Å². The Morgan fingerprint density at radius 2 is 1.62 bits per heavy atom. The lowest BCUT2D eigenvalue weighted by Gasteiger charge is -2.18. The fourth-order valence-corrected chi connectivity index (χ4v) is 2.69. The molecule has 0 unspecified atom stereocenters. The number of carbonyl (C=O) groups excluding carboxylic acids is 3. The second-order valence-electron chi connectivity index (χ2n) is 5.23. The lowest BCUT2D eigenvalue weighted by Crippen LogP contribution is -2.41. The van der Waals surface area contributed by atoms with Gasteiger partial charge < -0.3 is 10.1 Å². The Morgan fingerprint density at radius 3 is 2.19 bits per heavy atom. The van der Waals surface area contributed by atoms with Gasteiger partial charge in [-0.3, -0.25) is 14.9 Å². The van der Waals surface area contributed by atoms with Crippen molar-refractivity contribution in [2.45, 2.75) is 12.5 Å². The largest absolute Gasteiger partial charge is 0.447 e. The molecule has 2 N–H and O–H groups in total. The van der Waals surface area contributed by atoms with Crippen molar-refractivity contribution < 1.29 is 19.1 Å². The van der Waals surface area contributed by atoms with Gasteiger partial charge in [0, 0.05) is 28.2 Å². The summed E-state index contributed by atoms with van der Waals surface area (Å²) >= 11 is 12.1. The first kappa shape index (κ1) is 19.8. The number of hydrogen-bond acceptors (Lipinski definition) is 4. The molecule has 0 aliphatic heterocycles. The van der Waals surface area contributed by atoms with Gasteiger partial charge in [-0.15, -0.1) is 0 Å². The molecule has 26 heavy (non-hydrogen) atoms. The van der Waals surface area contributed by atoms with Crippen LogP contribution in [0.3, 0.4) is 0 Å². The molecule has 1 atom stereocenters. The molecule has 2 aromatic rings. The van der Waals surface area contributed by atoms with Crippen LogP contribution >= 0.6 is 23.2 Å². The zero-order valence-electron chi connectivity index (χ0n) is 13.8. The van der Waals surface area contributed by atoms with Crippen molar-refractivity contribution in [2.75, 3.05) is 7.05 Å². The highest BCUT2D eigenvalue weighted by Gasteiger charge is 2.27. The Bertz CT molecular complexity index is 792. The first-order chi connectivity index (χ1) is 12.4. The minimum Gasteiger partial charge on any atom is -0.447 e. The van der Waals surface area contributed by atoms with Gasteiger partial charge in [0.25, 0.3) is 5.91 Å². The van der Waals surface area contributed by atoms with Gasteiger partial charge in [-0.05, 0) is 12.1 Å². The third-order valence-corrected chi connectivity index (χ3v) is 4.14. The van der Waals surface area contributed by atoms with E-state index in [4.69, 9.17) is 27.9 Å². The second-order valence-corrected chi connectivity index (χ2v) is 6.04. The van der Waals surface area contributed by atoms with Gasteiger partial charge in [-0.2, -0.15) is 0 Å². The van der Waals surface area contributed by atoms with Crippen LogP contribution in [0.1, 0.15) is 17.2 Å². The van der Waals surface area contributed by atoms with E-state index in [0.29, 0.717) is 21.2 Å². The molecule has 8 heteroatoms. The molecule has 0 saturated heterocycles. The molecule has 136 valence electrons. The molecule has 0 saturated carbocycles. The summed E-state index contributed by atoms with van der Waals surface area (Å²) in [6, 6.07) is 12.5. The molecule has 0 radical (unpaired) electrons. The summed E-state index contributed by atoms with van der Waals surface area (Å²) in [5.41, 5.74) is 0.826. The molecular weight excluding hydrogens is 379 g/mol. The smallest absolute Gasteiger partial charge is 0.321 e. The summed E-state index contributed by atoms with van der Waals surface area (Å²) in [5.74, 6) is -1.48. The van der Waals surface area contributed by atoms with Crippen LogP contribution < -0.4 is 10.6 Å². The molecule has 0 fully saturated rings. The van der Waals surface area contributed by atoms with Crippen molar-refractivity contribution in [1.29, 1.82) is 0 Å². The molecule has 0 spiro atoms. The van der Waals surface area contributed by atoms with Crippen molar-refractivity contribution in [3.63, 3.8) is 0 Å². The maximum Gasteiger partial charge on any atom is 0.321 e. The minimum atomic E-state index is -1.29. The summed E-state index contributed by atoms with van der Waals surface area (Å²) in [7, 11) is 1.37. The number of rotatable bonds is 5. The monoisotopic (exact) mass is 394 g/mol. The van der Waals surface area contributed by atoms with Crippen molar-refractivity contribution in [3.05, 3.63) is 69.7 Å². The van der Waals surface area contributed by atoms with Crippen LogP contribution in [0.5, 0.6) is 0 Å². The second kappa shape index (κ2) is 9.22. The highest BCUT2D eigenvalue weighted by Crippen LogP contribution is 2.26. The van der Waals surface area contributed by atoms with E-state index in [1.165, 1.54) is 7.05 Å². The average Bonchev–Trinajstić information content (AvgIpc) is 2.63. The molecule has 0 aromatic heterocycles. The zero-order valence-corrected chi connectivity index (χ0v) is 15.3. The molecular formula is C18H16Cl2N2O4. The molecule has 2 aromatic carbocycles. The maximum absolute atomic E-state index is 12.3. The van der Waals surface area contributed by atoms with E-state index in [2.05, 4.69) is 10.6 Å². The Kier molecular flexibility index (Phi) is 7.00. The fraction of sp³-hybridized carbons (Fsp3) is 0.167. The Labute approximate surface area is 160 Å². The standard InChI is InChI=1S/C18H16Cl2N2O4/c1-21-18(25)22-17(24)16(11-6-3-2-4-7-11)26-15(23)10-12-13(19)8-5-9-14(12)20/h2-9,16H,10H2,1H3,(H2,21,22,24,25)/t16-/m0/s1. The number of nitrogens with one attached hydrogen (secondary N) is 2. The van der Waals surface area contributed by atoms with E-state index < -0.39 is 24.0 Å². The molecule has 0 bridgehead atoms. The topological polar surface area (TPSA) is 84.5 Å². The minimum absolute atomic E-state index is 0.213. The molecule has 3 amide bonds. The number of hydrogen-bond donors (Lipinski definition) is 2. The maximum atomic E-state index is 12.3. The summed E-state index contributed by atoms with van der Waals surface area (Å²) < 4.78 is 5.31. The lowest BCUT2D eigenvalue weighted by atomic mass is 10.1. The number of benzene rings is 2. The zero-order chi connectivity index (χ0) is 19.1. The van der Waals surface area contributed by atoms with E-state index in [1.54, 1.807) is 48.5 Å².